The fourth-order valence-corrected chi connectivity index (χ4v) is 3.23. The lowest BCUT2D eigenvalue weighted by Gasteiger charge is -2.32. The SMILES string of the molecule is CNCCC1CCN(Cc2ccc(Br)c([N+](=O)[O-])c2)CC1. The minimum atomic E-state index is -0.336. The summed E-state index contributed by atoms with van der Waals surface area (Å²) in [6, 6.07) is 5.41. The summed E-state index contributed by atoms with van der Waals surface area (Å²) in [5.74, 6) is 0.813. The first-order valence-corrected chi connectivity index (χ1v) is 8.19. The third kappa shape index (κ3) is 4.76. The zero-order valence-corrected chi connectivity index (χ0v) is 13.9. The molecule has 0 unspecified atom stereocenters. The highest BCUT2D eigenvalue weighted by Gasteiger charge is 2.20. The summed E-state index contributed by atoms with van der Waals surface area (Å²) >= 11 is 3.23. The van der Waals surface area contributed by atoms with Gasteiger partial charge in [-0.2, -0.15) is 0 Å². The molecule has 21 heavy (non-hydrogen) atoms. The fraction of sp³-hybridized carbons (Fsp3) is 0.600. The number of benzene rings is 1. The van der Waals surface area contributed by atoms with Crippen LogP contribution in [0.25, 0.3) is 0 Å². The molecule has 0 radical (unpaired) electrons. The van der Waals surface area contributed by atoms with Crippen molar-refractivity contribution < 1.29 is 4.92 Å². The number of nitrogens with one attached hydrogen (secondary N) is 1. The molecule has 0 saturated carbocycles. The molecule has 1 aromatic carbocycles. The Labute approximate surface area is 134 Å². The molecular formula is C15H22BrN3O2. The van der Waals surface area contributed by atoms with Gasteiger partial charge in [-0.1, -0.05) is 6.07 Å². The van der Waals surface area contributed by atoms with Crippen LogP contribution in [-0.2, 0) is 6.54 Å². The van der Waals surface area contributed by atoms with Crippen molar-refractivity contribution in [2.24, 2.45) is 5.92 Å². The maximum atomic E-state index is 11.0. The predicted octanol–water partition coefficient (Wildman–Crippen LogP) is 3.18. The molecule has 0 bridgehead atoms. The highest BCUT2D eigenvalue weighted by Crippen LogP contribution is 2.27. The lowest BCUT2D eigenvalue weighted by Crippen LogP contribution is -2.34. The van der Waals surface area contributed by atoms with Crippen LogP contribution >= 0.6 is 15.9 Å². The average Bonchev–Trinajstić information content (AvgIpc) is 2.48. The summed E-state index contributed by atoms with van der Waals surface area (Å²) < 4.78 is 0.544. The van der Waals surface area contributed by atoms with E-state index in [-0.39, 0.29) is 10.6 Å². The van der Waals surface area contributed by atoms with Gasteiger partial charge in [0.1, 0.15) is 0 Å². The number of hydrogen-bond acceptors (Lipinski definition) is 4. The van der Waals surface area contributed by atoms with Crippen molar-refractivity contribution in [2.75, 3.05) is 26.7 Å². The molecule has 1 N–H and O–H groups in total. The van der Waals surface area contributed by atoms with Gasteiger partial charge in [-0.25, -0.2) is 0 Å². The van der Waals surface area contributed by atoms with E-state index in [9.17, 15) is 10.1 Å². The first-order chi connectivity index (χ1) is 10.1. The Morgan fingerprint density at radius 3 is 2.76 bits per heavy atom. The van der Waals surface area contributed by atoms with E-state index in [1.807, 2.05) is 13.1 Å². The van der Waals surface area contributed by atoms with E-state index in [0.717, 1.165) is 37.7 Å². The maximum absolute atomic E-state index is 11.0. The molecule has 2 rings (SSSR count). The molecule has 0 spiro atoms. The smallest absolute Gasteiger partial charge is 0.283 e. The number of hydrogen-bond donors (Lipinski definition) is 1. The van der Waals surface area contributed by atoms with Crippen LogP contribution in [0.2, 0.25) is 0 Å². The van der Waals surface area contributed by atoms with Gasteiger partial charge >= 0.3 is 0 Å². The number of nitro benzene ring substituents is 1. The Hall–Kier alpha value is -0.980. The molecule has 0 aromatic heterocycles. The van der Waals surface area contributed by atoms with Gasteiger partial charge in [-0.15, -0.1) is 0 Å². The summed E-state index contributed by atoms with van der Waals surface area (Å²) in [4.78, 5) is 13.0. The first kappa shape index (κ1) is 16.4. The Morgan fingerprint density at radius 1 is 1.43 bits per heavy atom. The third-order valence-electron chi connectivity index (χ3n) is 4.12. The molecule has 1 aliphatic heterocycles. The number of halogens is 1. The minimum absolute atomic E-state index is 0.149. The van der Waals surface area contributed by atoms with Crippen LogP contribution in [0.15, 0.2) is 22.7 Å². The van der Waals surface area contributed by atoms with Crippen molar-refractivity contribution in [1.82, 2.24) is 10.2 Å². The van der Waals surface area contributed by atoms with Crippen LogP contribution in [0.1, 0.15) is 24.8 Å². The average molecular weight is 356 g/mol. The van der Waals surface area contributed by atoms with Crippen LogP contribution in [0, 0.1) is 16.0 Å². The third-order valence-corrected chi connectivity index (χ3v) is 4.79. The summed E-state index contributed by atoms with van der Waals surface area (Å²) in [7, 11) is 2.00. The van der Waals surface area contributed by atoms with E-state index in [4.69, 9.17) is 0 Å². The summed E-state index contributed by atoms with van der Waals surface area (Å²) in [6.07, 6.45) is 3.69. The molecule has 1 aliphatic rings. The van der Waals surface area contributed by atoms with E-state index in [1.54, 1.807) is 12.1 Å². The number of likely N-dealkylation sites (tertiary alicyclic amines) is 1. The van der Waals surface area contributed by atoms with Gasteiger partial charge in [0.2, 0.25) is 0 Å². The van der Waals surface area contributed by atoms with E-state index < -0.39 is 0 Å². The van der Waals surface area contributed by atoms with Crippen LogP contribution in [0.5, 0.6) is 0 Å². The van der Waals surface area contributed by atoms with E-state index in [1.165, 1.54) is 19.3 Å². The summed E-state index contributed by atoms with van der Waals surface area (Å²) in [5, 5.41) is 14.2. The molecule has 116 valence electrons. The zero-order chi connectivity index (χ0) is 15.2. The molecule has 1 fully saturated rings. The molecule has 0 aliphatic carbocycles. The highest BCUT2D eigenvalue weighted by molar-refractivity contribution is 9.10. The quantitative estimate of drug-likeness (QED) is 0.628. The summed E-state index contributed by atoms with van der Waals surface area (Å²) in [6.45, 7) is 4.05. The normalized spacial score (nSPS) is 17.0. The van der Waals surface area contributed by atoms with Crippen LogP contribution < -0.4 is 5.32 Å². The first-order valence-electron chi connectivity index (χ1n) is 7.40. The van der Waals surface area contributed by atoms with Crippen LogP contribution in [0.3, 0.4) is 0 Å². The van der Waals surface area contributed by atoms with Gasteiger partial charge in [-0.05, 0) is 79.4 Å². The second-order valence-electron chi connectivity index (χ2n) is 5.65. The monoisotopic (exact) mass is 355 g/mol. The Balaban J connectivity index is 1.89. The zero-order valence-electron chi connectivity index (χ0n) is 12.3. The van der Waals surface area contributed by atoms with Crippen LogP contribution in [-0.4, -0.2) is 36.5 Å². The van der Waals surface area contributed by atoms with Gasteiger partial charge in [0.25, 0.3) is 5.69 Å². The lowest BCUT2D eigenvalue weighted by molar-refractivity contribution is -0.385. The molecule has 1 saturated heterocycles. The number of rotatable bonds is 6. The Kier molecular flexibility index (Phi) is 6.14. The van der Waals surface area contributed by atoms with Crippen molar-refractivity contribution in [3.63, 3.8) is 0 Å². The van der Waals surface area contributed by atoms with E-state index >= 15 is 0 Å². The fourth-order valence-electron chi connectivity index (χ4n) is 2.84. The predicted molar refractivity (Wildman–Crippen MR) is 87.3 cm³/mol. The molecular weight excluding hydrogens is 334 g/mol. The van der Waals surface area contributed by atoms with Gasteiger partial charge in [0, 0.05) is 12.6 Å². The highest BCUT2D eigenvalue weighted by atomic mass is 79.9. The molecule has 0 amide bonds. The van der Waals surface area contributed by atoms with Crippen molar-refractivity contribution in [3.05, 3.63) is 38.3 Å². The van der Waals surface area contributed by atoms with Crippen molar-refractivity contribution >= 4 is 21.6 Å². The van der Waals surface area contributed by atoms with Crippen molar-refractivity contribution in [1.29, 1.82) is 0 Å². The lowest BCUT2D eigenvalue weighted by atomic mass is 9.93. The second-order valence-corrected chi connectivity index (χ2v) is 6.51. The van der Waals surface area contributed by atoms with E-state index in [0.29, 0.717) is 4.47 Å². The largest absolute Gasteiger partial charge is 0.320 e. The minimum Gasteiger partial charge on any atom is -0.320 e. The van der Waals surface area contributed by atoms with Crippen LogP contribution in [0.4, 0.5) is 5.69 Å². The van der Waals surface area contributed by atoms with Gasteiger partial charge < -0.3 is 5.32 Å². The second kappa shape index (κ2) is 7.87. The summed E-state index contributed by atoms with van der Waals surface area (Å²) in [5.41, 5.74) is 1.16. The number of nitrogens with zero attached hydrogens (tertiary/aromatic N) is 2. The number of piperidine rings is 1. The Bertz CT molecular complexity index is 488. The molecule has 6 heteroatoms. The van der Waals surface area contributed by atoms with Crippen molar-refractivity contribution in [3.8, 4) is 0 Å². The number of nitro groups is 1. The maximum Gasteiger partial charge on any atom is 0.283 e. The molecule has 1 heterocycles. The van der Waals surface area contributed by atoms with Gasteiger partial charge in [0.05, 0.1) is 9.40 Å². The molecule has 1 aromatic rings. The Morgan fingerprint density at radius 2 is 2.14 bits per heavy atom. The van der Waals surface area contributed by atoms with Gasteiger partial charge in [-0.3, -0.25) is 15.0 Å². The van der Waals surface area contributed by atoms with Crippen molar-refractivity contribution in [2.45, 2.75) is 25.8 Å². The topological polar surface area (TPSA) is 58.4 Å². The van der Waals surface area contributed by atoms with E-state index in [2.05, 4.69) is 26.1 Å². The molecule has 5 nitrogen and oxygen atoms in total. The standard InChI is InChI=1S/C15H22BrN3O2/c1-17-7-4-12-5-8-18(9-6-12)11-13-2-3-14(16)15(10-13)19(20)21/h2-3,10,12,17H,4-9,11H2,1H3. The molecule has 0 atom stereocenters. The van der Waals surface area contributed by atoms with Gasteiger partial charge in [0.15, 0.2) is 0 Å².